The number of nitrogens with zero attached hydrogens (tertiary/aromatic N) is 3. The Morgan fingerprint density at radius 1 is 1.29 bits per heavy atom. The third-order valence-corrected chi connectivity index (χ3v) is 4.39. The summed E-state index contributed by atoms with van der Waals surface area (Å²) < 4.78 is 3.31. The molecule has 3 nitrogen and oxygen atoms in total. The molecule has 2 aromatic heterocycles. The smallest absolute Gasteiger partial charge is 0.160 e. The lowest BCUT2D eigenvalue weighted by Crippen LogP contribution is -2.13. The molecule has 0 amide bonds. The van der Waals surface area contributed by atoms with Gasteiger partial charge >= 0.3 is 0 Å². The van der Waals surface area contributed by atoms with Gasteiger partial charge in [-0.05, 0) is 34.8 Å². The Balaban J connectivity index is 2.48. The van der Waals surface area contributed by atoms with Crippen LogP contribution < -0.4 is 0 Å². The number of alkyl halides is 1. The number of pyridine rings is 1. The SMILES string of the molecule is CCCCC(CCC)n1c(CCCl)nc2cc(Br)cnc21. The molecule has 116 valence electrons. The highest BCUT2D eigenvalue weighted by molar-refractivity contribution is 9.10. The van der Waals surface area contributed by atoms with E-state index in [1.54, 1.807) is 0 Å². The van der Waals surface area contributed by atoms with Crippen molar-refractivity contribution in [2.75, 3.05) is 5.88 Å². The maximum Gasteiger partial charge on any atom is 0.160 e. The number of imidazole rings is 1. The van der Waals surface area contributed by atoms with E-state index in [1.165, 1.54) is 32.1 Å². The van der Waals surface area contributed by atoms with Gasteiger partial charge in [0.05, 0.1) is 0 Å². The summed E-state index contributed by atoms with van der Waals surface area (Å²) in [6, 6.07) is 2.52. The van der Waals surface area contributed by atoms with E-state index in [1.807, 2.05) is 12.3 Å². The molecule has 2 aromatic rings. The molecule has 1 atom stereocenters. The fourth-order valence-electron chi connectivity index (χ4n) is 2.82. The summed E-state index contributed by atoms with van der Waals surface area (Å²) >= 11 is 9.45. The summed E-state index contributed by atoms with van der Waals surface area (Å²) in [5.41, 5.74) is 1.95. The van der Waals surface area contributed by atoms with Crippen LogP contribution in [0.4, 0.5) is 0 Å². The molecule has 0 saturated carbocycles. The van der Waals surface area contributed by atoms with Crippen molar-refractivity contribution in [2.45, 2.75) is 58.4 Å². The van der Waals surface area contributed by atoms with Gasteiger partial charge in [-0.15, -0.1) is 11.6 Å². The molecule has 0 aliphatic heterocycles. The Hall–Kier alpha value is -0.610. The Kier molecular flexibility index (Phi) is 6.49. The zero-order valence-electron chi connectivity index (χ0n) is 12.8. The Labute approximate surface area is 140 Å². The highest BCUT2D eigenvalue weighted by Gasteiger charge is 2.19. The van der Waals surface area contributed by atoms with E-state index < -0.39 is 0 Å². The van der Waals surface area contributed by atoms with E-state index in [2.05, 4.69) is 39.3 Å². The van der Waals surface area contributed by atoms with E-state index in [0.717, 1.165) is 27.9 Å². The van der Waals surface area contributed by atoms with Crippen molar-refractivity contribution >= 4 is 38.7 Å². The number of halogens is 2. The molecule has 0 aliphatic rings. The Morgan fingerprint density at radius 3 is 2.76 bits per heavy atom. The second-order valence-corrected chi connectivity index (χ2v) is 6.71. The van der Waals surface area contributed by atoms with E-state index in [0.29, 0.717) is 11.9 Å². The zero-order chi connectivity index (χ0) is 15.2. The third-order valence-electron chi connectivity index (χ3n) is 3.77. The van der Waals surface area contributed by atoms with Crippen LogP contribution in [0, 0.1) is 0 Å². The summed E-state index contributed by atoms with van der Waals surface area (Å²) in [7, 11) is 0. The standard InChI is InChI=1S/C16H23BrClN3/c1-3-5-7-13(6-4-2)21-15(8-9-18)20-14-10-12(17)11-19-16(14)21/h10-11,13H,3-9H2,1-2H3. The first-order valence-electron chi connectivity index (χ1n) is 7.79. The van der Waals surface area contributed by atoms with Gasteiger partial charge in [-0.25, -0.2) is 9.97 Å². The first-order valence-corrected chi connectivity index (χ1v) is 9.12. The van der Waals surface area contributed by atoms with Gasteiger partial charge in [0.2, 0.25) is 0 Å². The minimum atomic E-state index is 0.479. The molecule has 0 aromatic carbocycles. The van der Waals surface area contributed by atoms with Crippen molar-refractivity contribution in [1.82, 2.24) is 14.5 Å². The third kappa shape index (κ3) is 3.98. The lowest BCUT2D eigenvalue weighted by atomic mass is 10.0. The van der Waals surface area contributed by atoms with Gasteiger partial charge < -0.3 is 4.57 Å². The molecule has 0 N–H and O–H groups in total. The van der Waals surface area contributed by atoms with Crippen LogP contribution in [-0.2, 0) is 6.42 Å². The average molecular weight is 373 g/mol. The first-order chi connectivity index (χ1) is 10.2. The number of rotatable bonds is 8. The maximum absolute atomic E-state index is 5.97. The average Bonchev–Trinajstić information content (AvgIpc) is 2.81. The second-order valence-electron chi connectivity index (χ2n) is 5.42. The molecule has 0 fully saturated rings. The number of unbranched alkanes of at least 4 members (excludes halogenated alkanes) is 1. The van der Waals surface area contributed by atoms with Crippen molar-refractivity contribution in [3.8, 4) is 0 Å². The predicted molar refractivity (Wildman–Crippen MR) is 93.1 cm³/mol. The van der Waals surface area contributed by atoms with Crippen LogP contribution in [0.15, 0.2) is 16.7 Å². The van der Waals surface area contributed by atoms with Gasteiger partial charge in [0.25, 0.3) is 0 Å². The largest absolute Gasteiger partial charge is 0.310 e. The van der Waals surface area contributed by atoms with Crippen LogP contribution in [0.3, 0.4) is 0 Å². The molecule has 5 heteroatoms. The van der Waals surface area contributed by atoms with Gasteiger partial charge in [-0.3, -0.25) is 0 Å². The van der Waals surface area contributed by atoms with Gasteiger partial charge in [-0.1, -0.05) is 33.1 Å². The zero-order valence-corrected chi connectivity index (χ0v) is 15.1. The van der Waals surface area contributed by atoms with E-state index in [4.69, 9.17) is 16.6 Å². The molecule has 2 rings (SSSR count). The molecule has 0 aliphatic carbocycles. The van der Waals surface area contributed by atoms with Crippen molar-refractivity contribution in [3.63, 3.8) is 0 Å². The molecule has 0 saturated heterocycles. The second kappa shape index (κ2) is 8.14. The molecule has 0 spiro atoms. The Morgan fingerprint density at radius 2 is 2.10 bits per heavy atom. The predicted octanol–water partition coefficient (Wildman–Crippen LogP) is 5.51. The highest BCUT2D eigenvalue weighted by Crippen LogP contribution is 2.28. The summed E-state index contributed by atoms with van der Waals surface area (Å²) in [5.74, 6) is 1.66. The van der Waals surface area contributed by atoms with Crippen molar-refractivity contribution < 1.29 is 0 Å². The monoisotopic (exact) mass is 371 g/mol. The lowest BCUT2D eigenvalue weighted by Gasteiger charge is -2.20. The summed E-state index contributed by atoms with van der Waals surface area (Å²) in [4.78, 5) is 9.37. The molecular formula is C16H23BrClN3. The van der Waals surface area contributed by atoms with E-state index >= 15 is 0 Å². The van der Waals surface area contributed by atoms with Crippen LogP contribution in [0.25, 0.3) is 11.2 Å². The lowest BCUT2D eigenvalue weighted by molar-refractivity contribution is 0.414. The molecular weight excluding hydrogens is 350 g/mol. The van der Waals surface area contributed by atoms with Gasteiger partial charge in [0, 0.05) is 29.0 Å². The minimum Gasteiger partial charge on any atom is -0.310 e. The number of fused-ring (bicyclic) bond motifs is 1. The van der Waals surface area contributed by atoms with Crippen LogP contribution in [0.1, 0.15) is 57.8 Å². The van der Waals surface area contributed by atoms with Gasteiger partial charge in [-0.2, -0.15) is 0 Å². The fraction of sp³-hybridized carbons (Fsp3) is 0.625. The normalized spacial score (nSPS) is 13.0. The van der Waals surface area contributed by atoms with E-state index in [9.17, 15) is 0 Å². The number of hydrogen-bond acceptors (Lipinski definition) is 2. The van der Waals surface area contributed by atoms with Crippen LogP contribution in [0.5, 0.6) is 0 Å². The van der Waals surface area contributed by atoms with E-state index in [-0.39, 0.29) is 0 Å². The molecule has 0 radical (unpaired) electrons. The first kappa shape index (κ1) is 16.8. The highest BCUT2D eigenvalue weighted by atomic mass is 79.9. The van der Waals surface area contributed by atoms with Gasteiger partial charge in [0.1, 0.15) is 11.3 Å². The topological polar surface area (TPSA) is 30.7 Å². The summed E-state index contributed by atoms with van der Waals surface area (Å²) in [5, 5.41) is 0. The van der Waals surface area contributed by atoms with Crippen molar-refractivity contribution in [2.24, 2.45) is 0 Å². The molecule has 0 bridgehead atoms. The quantitative estimate of drug-likeness (QED) is 0.572. The van der Waals surface area contributed by atoms with Crippen LogP contribution in [0.2, 0.25) is 0 Å². The number of aryl methyl sites for hydroxylation is 1. The maximum atomic E-state index is 5.97. The van der Waals surface area contributed by atoms with Gasteiger partial charge in [0.15, 0.2) is 5.65 Å². The van der Waals surface area contributed by atoms with Crippen molar-refractivity contribution in [1.29, 1.82) is 0 Å². The summed E-state index contributed by atoms with van der Waals surface area (Å²) in [6.45, 7) is 4.48. The fourth-order valence-corrected chi connectivity index (χ4v) is 3.31. The Bertz CT molecular complexity index is 582. The minimum absolute atomic E-state index is 0.479. The number of aromatic nitrogens is 3. The molecule has 1 unspecified atom stereocenters. The number of hydrogen-bond donors (Lipinski definition) is 0. The molecule has 2 heterocycles. The molecule has 21 heavy (non-hydrogen) atoms. The van der Waals surface area contributed by atoms with Crippen LogP contribution >= 0.6 is 27.5 Å². The van der Waals surface area contributed by atoms with Crippen molar-refractivity contribution in [3.05, 3.63) is 22.6 Å². The van der Waals surface area contributed by atoms with Crippen LogP contribution in [-0.4, -0.2) is 20.4 Å². The summed E-state index contributed by atoms with van der Waals surface area (Å²) in [6.07, 6.45) is 8.62.